The number of aromatic nitrogens is 1. The number of carbonyl (C=O) groups is 1. The number of hydrogen-bond acceptors (Lipinski definition) is 3. The van der Waals surface area contributed by atoms with Crippen molar-refractivity contribution >= 4 is 17.6 Å². The van der Waals surface area contributed by atoms with Crippen LogP contribution in [0.4, 0.5) is 16.3 Å². The highest BCUT2D eigenvalue weighted by molar-refractivity contribution is 5.88. The Hall–Kier alpha value is -3.34. The maximum absolute atomic E-state index is 11.8. The summed E-state index contributed by atoms with van der Waals surface area (Å²) in [5, 5.41) is 12.8. The molecule has 26 heavy (non-hydrogen) atoms. The van der Waals surface area contributed by atoms with Crippen LogP contribution in [0.5, 0.6) is 0 Å². The first-order valence-corrected chi connectivity index (χ1v) is 8.38. The molecule has 0 unspecified atom stereocenters. The molecule has 0 saturated heterocycles. The van der Waals surface area contributed by atoms with Gasteiger partial charge in [-0.05, 0) is 29.7 Å². The summed E-state index contributed by atoms with van der Waals surface area (Å²) in [5.74, 6) is 0.401. The molecule has 2 aromatic carbocycles. The van der Waals surface area contributed by atoms with E-state index in [1.54, 1.807) is 6.20 Å². The van der Waals surface area contributed by atoms with Crippen molar-refractivity contribution < 1.29 is 9.90 Å². The maximum atomic E-state index is 11.8. The number of carboxylic acid groups (broad SMARTS) is 1. The van der Waals surface area contributed by atoms with Gasteiger partial charge in [0, 0.05) is 12.6 Å². The van der Waals surface area contributed by atoms with Crippen LogP contribution in [0.25, 0.3) is 11.1 Å². The molecule has 1 heterocycles. The molecule has 5 nitrogen and oxygen atoms in total. The molecular formula is C21H21N3O2. The molecule has 3 rings (SSSR count). The van der Waals surface area contributed by atoms with Gasteiger partial charge in [-0.25, -0.2) is 9.78 Å². The molecule has 0 aliphatic carbocycles. The Morgan fingerprint density at radius 2 is 1.77 bits per heavy atom. The lowest BCUT2D eigenvalue weighted by molar-refractivity contribution is 0.201. The molecule has 3 aromatic rings. The van der Waals surface area contributed by atoms with Crippen LogP contribution >= 0.6 is 0 Å². The number of amides is 1. The largest absolute Gasteiger partial charge is 0.465 e. The van der Waals surface area contributed by atoms with Gasteiger partial charge < -0.3 is 10.4 Å². The van der Waals surface area contributed by atoms with E-state index in [1.807, 2.05) is 74.6 Å². The van der Waals surface area contributed by atoms with Crippen molar-refractivity contribution in [3.63, 3.8) is 0 Å². The van der Waals surface area contributed by atoms with Crippen molar-refractivity contribution in [2.75, 3.05) is 17.3 Å². The predicted octanol–water partition coefficient (Wildman–Crippen LogP) is 4.78. The Morgan fingerprint density at radius 1 is 1.08 bits per heavy atom. The number of benzene rings is 2. The number of anilines is 2. The van der Waals surface area contributed by atoms with E-state index in [0.717, 1.165) is 27.9 Å². The monoisotopic (exact) mass is 347 g/mol. The van der Waals surface area contributed by atoms with Crippen molar-refractivity contribution in [3.8, 4) is 11.1 Å². The highest BCUT2D eigenvalue weighted by Gasteiger charge is 2.19. The Bertz CT molecular complexity index is 910. The predicted molar refractivity (Wildman–Crippen MR) is 105 cm³/mol. The molecule has 0 saturated carbocycles. The molecule has 5 heteroatoms. The lowest BCUT2D eigenvalue weighted by Gasteiger charge is -2.20. The van der Waals surface area contributed by atoms with Crippen molar-refractivity contribution in [2.24, 2.45) is 0 Å². The summed E-state index contributed by atoms with van der Waals surface area (Å²) in [6.45, 7) is 2.28. The van der Waals surface area contributed by atoms with Crippen LogP contribution in [0, 0.1) is 6.92 Å². The summed E-state index contributed by atoms with van der Waals surface area (Å²) in [6.07, 6.45) is 0.646. The smallest absolute Gasteiger partial charge is 0.413 e. The lowest BCUT2D eigenvalue weighted by Crippen LogP contribution is -2.29. The van der Waals surface area contributed by atoms with Gasteiger partial charge in [-0.1, -0.05) is 54.6 Å². The lowest BCUT2D eigenvalue weighted by atomic mass is 10.00. The zero-order valence-electron chi connectivity index (χ0n) is 14.8. The van der Waals surface area contributed by atoms with Crippen LogP contribution < -0.4 is 10.2 Å². The van der Waals surface area contributed by atoms with E-state index < -0.39 is 6.09 Å². The summed E-state index contributed by atoms with van der Waals surface area (Å²) in [7, 11) is 1.83. The van der Waals surface area contributed by atoms with Gasteiger partial charge in [-0.15, -0.1) is 0 Å². The minimum atomic E-state index is -1.03. The average Bonchev–Trinajstić information content (AvgIpc) is 2.66. The number of nitrogens with zero attached hydrogens (tertiary/aromatic N) is 2. The highest BCUT2D eigenvalue weighted by Crippen LogP contribution is 2.32. The van der Waals surface area contributed by atoms with E-state index in [1.165, 1.54) is 4.90 Å². The van der Waals surface area contributed by atoms with Crippen LogP contribution in [0.1, 0.15) is 11.1 Å². The van der Waals surface area contributed by atoms with Crippen molar-refractivity contribution in [2.45, 2.75) is 13.5 Å². The van der Waals surface area contributed by atoms with Crippen LogP contribution in [0.15, 0.2) is 66.9 Å². The first-order valence-electron chi connectivity index (χ1n) is 8.38. The quantitative estimate of drug-likeness (QED) is 0.697. The molecular weight excluding hydrogens is 326 g/mol. The molecule has 0 radical (unpaired) electrons. The third kappa shape index (κ3) is 3.67. The molecule has 1 amide bonds. The minimum Gasteiger partial charge on any atom is -0.465 e. The highest BCUT2D eigenvalue weighted by atomic mass is 16.4. The van der Waals surface area contributed by atoms with Gasteiger partial charge in [0.25, 0.3) is 0 Å². The Morgan fingerprint density at radius 3 is 2.42 bits per heavy atom. The standard InChI is InChI=1S/C21H21N3O2/c1-15-8-6-7-11-17(15)18-12-20(23-13-19(18)22-2)24(21(25)26)14-16-9-4-3-5-10-16/h3-13,22H,14H2,1-2H3,(H,25,26). The molecule has 132 valence electrons. The molecule has 0 atom stereocenters. The Labute approximate surface area is 152 Å². The van der Waals surface area contributed by atoms with E-state index >= 15 is 0 Å². The van der Waals surface area contributed by atoms with E-state index in [2.05, 4.69) is 10.3 Å². The number of rotatable bonds is 5. The molecule has 1 aromatic heterocycles. The zero-order valence-corrected chi connectivity index (χ0v) is 14.8. The van der Waals surface area contributed by atoms with E-state index in [0.29, 0.717) is 5.82 Å². The molecule has 0 aliphatic rings. The van der Waals surface area contributed by atoms with Crippen LogP contribution in [-0.4, -0.2) is 23.2 Å². The maximum Gasteiger partial charge on any atom is 0.413 e. The second-order valence-corrected chi connectivity index (χ2v) is 6.01. The fourth-order valence-electron chi connectivity index (χ4n) is 2.90. The molecule has 0 fully saturated rings. The number of hydrogen-bond donors (Lipinski definition) is 2. The summed E-state index contributed by atoms with van der Waals surface area (Å²) in [6, 6.07) is 19.3. The summed E-state index contributed by atoms with van der Waals surface area (Å²) in [4.78, 5) is 17.5. The van der Waals surface area contributed by atoms with Gasteiger partial charge in [0.15, 0.2) is 0 Å². The van der Waals surface area contributed by atoms with Gasteiger partial charge >= 0.3 is 6.09 Å². The number of aryl methyl sites for hydroxylation is 1. The normalized spacial score (nSPS) is 10.4. The molecule has 0 spiro atoms. The van der Waals surface area contributed by atoms with Gasteiger partial charge in [0.1, 0.15) is 5.82 Å². The average molecular weight is 347 g/mol. The van der Waals surface area contributed by atoms with Gasteiger partial charge in [-0.3, -0.25) is 4.90 Å². The second-order valence-electron chi connectivity index (χ2n) is 6.01. The van der Waals surface area contributed by atoms with E-state index in [4.69, 9.17) is 0 Å². The first kappa shape index (κ1) is 17.5. The van der Waals surface area contributed by atoms with Crippen molar-refractivity contribution in [3.05, 3.63) is 78.0 Å². The first-order chi connectivity index (χ1) is 12.6. The van der Waals surface area contributed by atoms with Crippen LogP contribution in [-0.2, 0) is 6.54 Å². The van der Waals surface area contributed by atoms with Crippen molar-refractivity contribution in [1.29, 1.82) is 0 Å². The van der Waals surface area contributed by atoms with Crippen LogP contribution in [0.2, 0.25) is 0 Å². The minimum absolute atomic E-state index is 0.245. The summed E-state index contributed by atoms with van der Waals surface area (Å²) >= 11 is 0. The second kappa shape index (κ2) is 7.70. The topological polar surface area (TPSA) is 65.5 Å². The SMILES string of the molecule is CNc1cnc(N(Cc2ccccc2)C(=O)O)cc1-c1ccccc1C. The fraction of sp³-hybridized carbons (Fsp3) is 0.143. The number of pyridine rings is 1. The van der Waals surface area contributed by atoms with E-state index in [-0.39, 0.29) is 6.54 Å². The van der Waals surface area contributed by atoms with E-state index in [9.17, 15) is 9.90 Å². The van der Waals surface area contributed by atoms with Crippen LogP contribution in [0.3, 0.4) is 0 Å². The van der Waals surface area contributed by atoms with Gasteiger partial charge in [0.05, 0.1) is 18.4 Å². The fourth-order valence-corrected chi connectivity index (χ4v) is 2.90. The molecule has 2 N–H and O–H groups in total. The summed E-state index contributed by atoms with van der Waals surface area (Å²) in [5.41, 5.74) is 4.85. The van der Waals surface area contributed by atoms with Crippen molar-refractivity contribution in [1.82, 2.24) is 4.98 Å². The number of nitrogens with one attached hydrogen (secondary N) is 1. The van der Waals surface area contributed by atoms with Gasteiger partial charge in [-0.2, -0.15) is 0 Å². The zero-order chi connectivity index (χ0) is 18.5. The Kier molecular flexibility index (Phi) is 5.17. The Balaban J connectivity index is 2.05. The third-order valence-corrected chi connectivity index (χ3v) is 4.29. The molecule has 0 aliphatic heterocycles. The van der Waals surface area contributed by atoms with Gasteiger partial charge in [0.2, 0.25) is 0 Å². The molecule has 0 bridgehead atoms. The third-order valence-electron chi connectivity index (χ3n) is 4.29. The summed E-state index contributed by atoms with van der Waals surface area (Å²) < 4.78 is 0.